The molecule has 4 unspecified atom stereocenters. The Morgan fingerprint density at radius 3 is 2.37 bits per heavy atom. The molecule has 3 nitrogen and oxygen atoms in total. The van der Waals surface area contributed by atoms with Crippen LogP contribution in [0, 0.1) is 23.7 Å². The first-order valence-electron chi connectivity index (χ1n) is 8.12. The van der Waals surface area contributed by atoms with Crippen molar-refractivity contribution in [2.45, 2.75) is 70.4 Å². The zero-order chi connectivity index (χ0) is 13.4. The molecule has 4 atom stereocenters. The van der Waals surface area contributed by atoms with Gasteiger partial charge in [0.1, 0.15) is 0 Å². The van der Waals surface area contributed by atoms with Crippen molar-refractivity contribution in [1.82, 2.24) is 5.32 Å². The fraction of sp³-hybridized carbons (Fsp3) is 0.938. The lowest BCUT2D eigenvalue weighted by molar-refractivity contribution is -0.142. The number of fused-ring (bicyclic) bond motifs is 2. The van der Waals surface area contributed by atoms with Crippen molar-refractivity contribution in [3.63, 3.8) is 0 Å². The van der Waals surface area contributed by atoms with Crippen molar-refractivity contribution in [3.05, 3.63) is 0 Å². The lowest BCUT2D eigenvalue weighted by Crippen LogP contribution is -2.44. The van der Waals surface area contributed by atoms with E-state index in [2.05, 4.69) is 12.2 Å². The zero-order valence-electron chi connectivity index (χ0n) is 12.0. The molecule has 0 aromatic heterocycles. The lowest BCUT2D eigenvalue weighted by Gasteiger charge is -2.34. The highest BCUT2D eigenvalue weighted by Crippen LogP contribution is 2.49. The van der Waals surface area contributed by atoms with E-state index < -0.39 is 5.97 Å². The second-order valence-electron chi connectivity index (χ2n) is 7.18. The van der Waals surface area contributed by atoms with E-state index in [-0.39, 0.29) is 5.92 Å². The maximum atomic E-state index is 11.0. The van der Waals surface area contributed by atoms with Gasteiger partial charge >= 0.3 is 5.97 Å². The highest BCUT2D eigenvalue weighted by Gasteiger charge is 2.42. The van der Waals surface area contributed by atoms with E-state index in [9.17, 15) is 4.79 Å². The molecule has 0 aromatic carbocycles. The summed E-state index contributed by atoms with van der Waals surface area (Å²) in [5, 5.41) is 12.8. The topological polar surface area (TPSA) is 49.3 Å². The van der Waals surface area contributed by atoms with Crippen molar-refractivity contribution in [2.75, 3.05) is 0 Å². The molecular formula is C16H27NO2. The van der Waals surface area contributed by atoms with Gasteiger partial charge < -0.3 is 10.4 Å². The third kappa shape index (κ3) is 2.81. The molecular weight excluding hydrogens is 238 g/mol. The number of hydrogen-bond donors (Lipinski definition) is 2. The van der Waals surface area contributed by atoms with Crippen molar-refractivity contribution < 1.29 is 9.90 Å². The average molecular weight is 265 g/mol. The van der Waals surface area contributed by atoms with Gasteiger partial charge in [-0.3, -0.25) is 4.79 Å². The quantitative estimate of drug-likeness (QED) is 0.821. The molecule has 0 aliphatic heterocycles. The molecule has 3 heteroatoms. The predicted molar refractivity (Wildman–Crippen MR) is 74.9 cm³/mol. The van der Waals surface area contributed by atoms with Gasteiger partial charge in [-0.05, 0) is 69.6 Å². The number of rotatable bonds is 4. The third-order valence-electron chi connectivity index (χ3n) is 6.01. The van der Waals surface area contributed by atoms with Gasteiger partial charge in [-0.15, -0.1) is 0 Å². The van der Waals surface area contributed by atoms with Gasteiger partial charge in [-0.1, -0.05) is 6.42 Å². The van der Waals surface area contributed by atoms with E-state index in [4.69, 9.17) is 5.11 Å². The molecule has 2 N–H and O–H groups in total. The van der Waals surface area contributed by atoms with Crippen molar-refractivity contribution >= 4 is 5.97 Å². The largest absolute Gasteiger partial charge is 0.481 e. The summed E-state index contributed by atoms with van der Waals surface area (Å²) >= 11 is 0. The highest BCUT2D eigenvalue weighted by molar-refractivity contribution is 5.70. The number of carboxylic acid groups (broad SMARTS) is 1. The van der Waals surface area contributed by atoms with Crippen LogP contribution < -0.4 is 5.32 Å². The molecule has 19 heavy (non-hydrogen) atoms. The van der Waals surface area contributed by atoms with Crippen LogP contribution in [0.25, 0.3) is 0 Å². The van der Waals surface area contributed by atoms with Crippen molar-refractivity contribution in [3.8, 4) is 0 Å². The van der Waals surface area contributed by atoms with Gasteiger partial charge in [-0.2, -0.15) is 0 Å². The molecule has 0 aromatic rings. The normalized spacial score (nSPS) is 43.3. The summed E-state index contributed by atoms with van der Waals surface area (Å²) in [6, 6.07) is 1.19. The van der Waals surface area contributed by atoms with Crippen LogP contribution in [0.1, 0.15) is 58.3 Å². The van der Waals surface area contributed by atoms with Gasteiger partial charge in [0.2, 0.25) is 0 Å². The van der Waals surface area contributed by atoms with Gasteiger partial charge in [0.25, 0.3) is 0 Å². The van der Waals surface area contributed by atoms with Crippen LogP contribution in [-0.4, -0.2) is 23.2 Å². The minimum absolute atomic E-state index is 0.0872. The average Bonchev–Trinajstić information content (AvgIpc) is 3.01. The number of nitrogens with one attached hydrogen (secondary N) is 1. The first-order chi connectivity index (χ1) is 9.13. The number of carboxylic acids is 1. The molecule has 3 fully saturated rings. The molecule has 0 spiro atoms. The Hall–Kier alpha value is -0.570. The summed E-state index contributed by atoms with van der Waals surface area (Å²) in [5.74, 6) is 2.19. The zero-order valence-corrected chi connectivity index (χ0v) is 12.0. The first-order valence-corrected chi connectivity index (χ1v) is 8.12. The second-order valence-corrected chi connectivity index (χ2v) is 7.18. The van der Waals surface area contributed by atoms with E-state index in [0.717, 1.165) is 43.4 Å². The molecule has 3 aliphatic carbocycles. The summed E-state index contributed by atoms with van der Waals surface area (Å²) < 4.78 is 0. The molecule has 3 rings (SSSR count). The lowest BCUT2D eigenvalue weighted by atomic mass is 9.82. The Morgan fingerprint density at radius 1 is 1.11 bits per heavy atom. The van der Waals surface area contributed by atoms with Crippen LogP contribution in [0.2, 0.25) is 0 Å². The predicted octanol–water partition coefficient (Wildman–Crippen LogP) is 3.04. The summed E-state index contributed by atoms with van der Waals surface area (Å²) in [5.41, 5.74) is 0. The third-order valence-corrected chi connectivity index (χ3v) is 6.01. The van der Waals surface area contributed by atoms with Crippen LogP contribution in [0.15, 0.2) is 0 Å². The van der Waals surface area contributed by atoms with Crippen LogP contribution in [0.3, 0.4) is 0 Å². The molecule has 0 saturated heterocycles. The SMILES string of the molecule is CC(NC1CCC(C(=O)O)CC1)C1CC2CCC1C2. The Morgan fingerprint density at radius 2 is 1.84 bits per heavy atom. The van der Waals surface area contributed by atoms with Crippen LogP contribution in [0.4, 0.5) is 0 Å². The second kappa shape index (κ2) is 5.43. The Bertz CT molecular complexity index is 336. The standard InChI is InChI=1S/C16H27NO2/c1-10(15-9-11-2-3-13(15)8-11)17-14-6-4-12(5-7-14)16(18)19/h10-15,17H,2-9H2,1H3,(H,18,19). The van der Waals surface area contributed by atoms with Crippen molar-refractivity contribution in [1.29, 1.82) is 0 Å². The molecule has 3 saturated carbocycles. The molecule has 0 heterocycles. The number of aliphatic carboxylic acids is 1. The van der Waals surface area contributed by atoms with E-state index >= 15 is 0 Å². The Kier molecular flexibility index (Phi) is 3.84. The van der Waals surface area contributed by atoms with Crippen LogP contribution >= 0.6 is 0 Å². The van der Waals surface area contributed by atoms with E-state index in [1.54, 1.807) is 0 Å². The van der Waals surface area contributed by atoms with Gasteiger partial charge in [0.05, 0.1) is 5.92 Å². The molecule has 2 bridgehead atoms. The summed E-state index contributed by atoms with van der Waals surface area (Å²) in [7, 11) is 0. The summed E-state index contributed by atoms with van der Waals surface area (Å²) in [6.45, 7) is 2.36. The Balaban J connectivity index is 1.46. The van der Waals surface area contributed by atoms with Crippen LogP contribution in [0.5, 0.6) is 0 Å². The monoisotopic (exact) mass is 265 g/mol. The summed E-state index contributed by atoms with van der Waals surface area (Å²) in [4.78, 5) is 11.0. The molecule has 0 amide bonds. The van der Waals surface area contributed by atoms with E-state index in [0.29, 0.717) is 12.1 Å². The molecule has 0 radical (unpaired) electrons. The summed E-state index contributed by atoms with van der Waals surface area (Å²) in [6.07, 6.45) is 9.63. The maximum Gasteiger partial charge on any atom is 0.306 e. The minimum atomic E-state index is -0.598. The minimum Gasteiger partial charge on any atom is -0.481 e. The van der Waals surface area contributed by atoms with Crippen molar-refractivity contribution in [2.24, 2.45) is 23.7 Å². The fourth-order valence-electron chi connectivity index (χ4n) is 4.91. The number of hydrogen-bond acceptors (Lipinski definition) is 2. The highest BCUT2D eigenvalue weighted by atomic mass is 16.4. The van der Waals surface area contributed by atoms with Gasteiger partial charge in [0, 0.05) is 12.1 Å². The van der Waals surface area contributed by atoms with Gasteiger partial charge in [0.15, 0.2) is 0 Å². The number of carbonyl (C=O) groups is 1. The Labute approximate surface area is 116 Å². The maximum absolute atomic E-state index is 11.0. The first kappa shape index (κ1) is 13.4. The smallest absolute Gasteiger partial charge is 0.306 e. The van der Waals surface area contributed by atoms with E-state index in [1.807, 2.05) is 0 Å². The molecule has 108 valence electrons. The molecule has 3 aliphatic rings. The van der Waals surface area contributed by atoms with E-state index in [1.165, 1.54) is 25.7 Å². The van der Waals surface area contributed by atoms with Crippen LogP contribution in [-0.2, 0) is 4.79 Å². The fourth-order valence-corrected chi connectivity index (χ4v) is 4.91. The van der Waals surface area contributed by atoms with Gasteiger partial charge in [-0.25, -0.2) is 0 Å².